The van der Waals surface area contributed by atoms with Crippen molar-refractivity contribution in [3.05, 3.63) is 47.5 Å². The Morgan fingerprint density at radius 1 is 1.00 bits per heavy atom. The molecule has 5 rings (SSSR count). The molecule has 0 heterocycles. The third-order valence-corrected chi connectivity index (χ3v) is 8.51. The maximum atomic E-state index is 11.9. The van der Waals surface area contributed by atoms with Crippen molar-refractivity contribution in [2.24, 2.45) is 29.1 Å². The lowest BCUT2D eigenvalue weighted by Gasteiger charge is -2.53. The smallest absolute Gasteiger partial charge is 0.155 e. The summed E-state index contributed by atoms with van der Waals surface area (Å²) in [6.07, 6.45) is 12.0. The van der Waals surface area contributed by atoms with Crippen molar-refractivity contribution < 1.29 is 9.53 Å². The van der Waals surface area contributed by atoms with E-state index in [0.29, 0.717) is 23.2 Å². The zero-order valence-corrected chi connectivity index (χ0v) is 16.5. The second-order valence-electron chi connectivity index (χ2n) is 9.71. The summed E-state index contributed by atoms with van der Waals surface area (Å²) in [4.78, 5) is 11.9. The molecule has 0 aromatic heterocycles. The van der Waals surface area contributed by atoms with Crippen LogP contribution in [-0.2, 0) is 16.1 Å². The molecule has 2 nitrogen and oxygen atoms in total. The van der Waals surface area contributed by atoms with Crippen LogP contribution in [0.25, 0.3) is 0 Å². The van der Waals surface area contributed by atoms with Gasteiger partial charge in [-0.05, 0) is 85.7 Å². The van der Waals surface area contributed by atoms with E-state index in [1.54, 1.807) is 0 Å². The minimum atomic E-state index is 0.349. The number of hydrogen-bond donors (Lipinski definition) is 0. The molecule has 4 aliphatic carbocycles. The minimum absolute atomic E-state index is 0.349. The molecule has 0 amide bonds. The van der Waals surface area contributed by atoms with Gasteiger partial charge in [0.2, 0.25) is 0 Å². The van der Waals surface area contributed by atoms with Gasteiger partial charge in [-0.15, -0.1) is 0 Å². The van der Waals surface area contributed by atoms with Crippen molar-refractivity contribution in [3.63, 3.8) is 0 Å². The van der Waals surface area contributed by atoms with E-state index < -0.39 is 0 Å². The second kappa shape index (κ2) is 6.88. The quantitative estimate of drug-likeness (QED) is 0.686. The van der Waals surface area contributed by atoms with Gasteiger partial charge in [0.25, 0.3) is 0 Å². The van der Waals surface area contributed by atoms with Crippen LogP contribution >= 0.6 is 0 Å². The van der Waals surface area contributed by atoms with E-state index in [0.717, 1.165) is 37.2 Å². The van der Waals surface area contributed by atoms with Gasteiger partial charge in [0.05, 0.1) is 12.7 Å². The lowest BCUT2D eigenvalue weighted by Crippen LogP contribution is -2.48. The molecule has 0 radical (unpaired) electrons. The molecular formula is C25H32O2. The van der Waals surface area contributed by atoms with E-state index in [-0.39, 0.29) is 0 Å². The Labute approximate surface area is 163 Å². The molecule has 1 aromatic carbocycles. The first-order valence-electron chi connectivity index (χ1n) is 11.0. The molecule has 3 saturated carbocycles. The van der Waals surface area contributed by atoms with Crippen LogP contribution in [0, 0.1) is 29.1 Å². The highest BCUT2D eigenvalue weighted by Gasteiger charge is 2.56. The van der Waals surface area contributed by atoms with Crippen LogP contribution in [0.3, 0.4) is 0 Å². The van der Waals surface area contributed by atoms with E-state index in [1.807, 2.05) is 6.08 Å². The fourth-order valence-electron chi connectivity index (χ4n) is 7.18. The van der Waals surface area contributed by atoms with E-state index in [4.69, 9.17) is 4.74 Å². The Bertz CT molecular complexity index is 736. The zero-order valence-electron chi connectivity index (χ0n) is 16.5. The van der Waals surface area contributed by atoms with E-state index >= 15 is 0 Å². The van der Waals surface area contributed by atoms with Gasteiger partial charge < -0.3 is 4.74 Å². The molecule has 6 atom stereocenters. The first kappa shape index (κ1) is 17.7. The average Bonchev–Trinajstić information content (AvgIpc) is 3.03. The van der Waals surface area contributed by atoms with Gasteiger partial charge in [-0.1, -0.05) is 42.8 Å². The predicted octanol–water partition coefficient (Wildman–Crippen LogP) is 5.71. The largest absolute Gasteiger partial charge is 0.373 e. The third kappa shape index (κ3) is 3.01. The highest BCUT2D eigenvalue weighted by molar-refractivity contribution is 5.91. The van der Waals surface area contributed by atoms with Gasteiger partial charge in [-0.3, -0.25) is 4.79 Å². The van der Waals surface area contributed by atoms with Crippen molar-refractivity contribution >= 4 is 5.78 Å². The van der Waals surface area contributed by atoms with Gasteiger partial charge >= 0.3 is 0 Å². The summed E-state index contributed by atoms with van der Waals surface area (Å²) >= 11 is 0. The number of ketones is 1. The fraction of sp³-hybridized carbons (Fsp3) is 0.640. The summed E-state index contributed by atoms with van der Waals surface area (Å²) in [6.45, 7) is 3.27. The van der Waals surface area contributed by atoms with Crippen LogP contribution in [0.15, 0.2) is 42.0 Å². The van der Waals surface area contributed by atoms with E-state index in [1.165, 1.54) is 49.7 Å². The van der Waals surface area contributed by atoms with Gasteiger partial charge in [-0.2, -0.15) is 0 Å². The molecule has 4 aliphatic rings. The Kier molecular flexibility index (Phi) is 4.50. The molecular weight excluding hydrogens is 332 g/mol. The molecule has 3 fully saturated rings. The van der Waals surface area contributed by atoms with E-state index in [2.05, 4.69) is 37.3 Å². The number of carbonyl (C=O) groups is 1. The maximum Gasteiger partial charge on any atom is 0.155 e. The number of rotatable bonds is 3. The van der Waals surface area contributed by atoms with Crippen LogP contribution in [0.4, 0.5) is 0 Å². The molecule has 2 heteroatoms. The highest BCUT2D eigenvalue weighted by atomic mass is 16.5. The number of allylic oxidation sites excluding steroid dienone is 1. The first-order chi connectivity index (χ1) is 13.1. The Morgan fingerprint density at radius 3 is 2.70 bits per heavy atom. The topological polar surface area (TPSA) is 26.3 Å². The molecule has 0 N–H and O–H groups in total. The molecule has 0 bridgehead atoms. The normalized spacial score (nSPS) is 40.7. The van der Waals surface area contributed by atoms with Gasteiger partial charge in [0.1, 0.15) is 0 Å². The fourth-order valence-corrected chi connectivity index (χ4v) is 7.18. The van der Waals surface area contributed by atoms with Crippen LogP contribution in [0.2, 0.25) is 0 Å². The summed E-state index contributed by atoms with van der Waals surface area (Å²) < 4.78 is 6.51. The van der Waals surface area contributed by atoms with Gasteiger partial charge in [0, 0.05) is 6.42 Å². The Morgan fingerprint density at radius 2 is 1.85 bits per heavy atom. The number of hydrogen-bond acceptors (Lipinski definition) is 2. The molecule has 1 aromatic rings. The van der Waals surface area contributed by atoms with Crippen LogP contribution in [0.1, 0.15) is 63.9 Å². The Balaban J connectivity index is 1.31. The minimum Gasteiger partial charge on any atom is -0.373 e. The molecule has 144 valence electrons. The summed E-state index contributed by atoms with van der Waals surface area (Å²) in [7, 11) is 0. The molecule has 0 saturated heterocycles. The van der Waals surface area contributed by atoms with Crippen LogP contribution in [-0.4, -0.2) is 11.9 Å². The van der Waals surface area contributed by atoms with Crippen molar-refractivity contribution in [3.8, 4) is 0 Å². The molecule has 27 heavy (non-hydrogen) atoms. The van der Waals surface area contributed by atoms with E-state index in [9.17, 15) is 4.79 Å². The zero-order chi connectivity index (χ0) is 18.4. The summed E-state index contributed by atoms with van der Waals surface area (Å²) in [5, 5.41) is 0. The van der Waals surface area contributed by atoms with Crippen molar-refractivity contribution in [1.82, 2.24) is 0 Å². The van der Waals surface area contributed by atoms with Crippen molar-refractivity contribution in [2.45, 2.75) is 71.0 Å². The number of ether oxygens (including phenoxy) is 1. The maximum absolute atomic E-state index is 11.9. The standard InChI is InChI=1S/C25H32O2/c1-25-14-13-21-20-10-8-19(26)15-18(20)7-9-22(21)23(25)11-12-24(25)27-16-17-5-3-2-4-6-17/h2-6,15,20-24H,7-14,16H2,1H3/t20-,21-,22+,23-,24-,25+/m1/s1. The number of benzene rings is 1. The summed E-state index contributed by atoms with van der Waals surface area (Å²) in [5.74, 6) is 3.57. The molecule has 0 aliphatic heterocycles. The second-order valence-corrected chi connectivity index (χ2v) is 9.71. The van der Waals surface area contributed by atoms with Crippen LogP contribution in [0.5, 0.6) is 0 Å². The van der Waals surface area contributed by atoms with Crippen molar-refractivity contribution in [1.29, 1.82) is 0 Å². The molecule has 0 unspecified atom stereocenters. The highest BCUT2D eigenvalue weighted by Crippen LogP contribution is 2.62. The van der Waals surface area contributed by atoms with Gasteiger partial charge in [-0.25, -0.2) is 0 Å². The Hall–Kier alpha value is -1.41. The monoisotopic (exact) mass is 364 g/mol. The number of carbonyl (C=O) groups excluding carboxylic acids is 1. The first-order valence-corrected chi connectivity index (χ1v) is 11.0. The lowest BCUT2D eigenvalue weighted by atomic mass is 9.52. The third-order valence-electron chi connectivity index (χ3n) is 8.51. The summed E-state index contributed by atoms with van der Waals surface area (Å²) in [6, 6.07) is 10.6. The van der Waals surface area contributed by atoms with Crippen molar-refractivity contribution in [2.75, 3.05) is 0 Å². The SMILES string of the molecule is C[C@]12CC[C@H]3[C@H](CCC4=CC(=O)CC[C@H]43)[C@H]1CC[C@H]2OCc1ccccc1. The number of fused-ring (bicyclic) bond motifs is 5. The average molecular weight is 365 g/mol. The lowest BCUT2D eigenvalue weighted by molar-refractivity contribution is -0.116. The summed E-state index contributed by atoms with van der Waals surface area (Å²) in [5.41, 5.74) is 3.13. The predicted molar refractivity (Wildman–Crippen MR) is 107 cm³/mol. The molecule has 0 spiro atoms. The van der Waals surface area contributed by atoms with Gasteiger partial charge in [0.15, 0.2) is 5.78 Å². The van der Waals surface area contributed by atoms with Crippen LogP contribution < -0.4 is 0 Å².